The van der Waals surface area contributed by atoms with Crippen LogP contribution in [0.1, 0.15) is 149 Å². The topological polar surface area (TPSA) is 381 Å². The van der Waals surface area contributed by atoms with Crippen molar-refractivity contribution in [3.63, 3.8) is 0 Å². The number of hydrogen-bond donors (Lipinski definition) is 12. The number of aliphatic carboxylic acids is 3. The van der Waals surface area contributed by atoms with Crippen LogP contribution in [0, 0.1) is 0 Å². The summed E-state index contributed by atoms with van der Waals surface area (Å²) in [7, 11) is 0. The summed E-state index contributed by atoms with van der Waals surface area (Å²) in [5.74, 6) is -2.75. The van der Waals surface area contributed by atoms with Gasteiger partial charge in [0, 0.05) is 164 Å². The fourth-order valence-electron chi connectivity index (χ4n) is 15.0. The molecule has 8 aromatic carbocycles. The van der Waals surface area contributed by atoms with E-state index < -0.39 is 17.9 Å². The standard InChI is InChI=1S/C47H40N4O4.C47H39N4O4.3C2H4O2.3Co/c2*1-46(2,3)27-19-31-35-13-15-39(48-35)41(26-17-29(52)23-30(53)18-26)40-16-14-36(49-40)32-20-28(47(4,5)6)22-34(45(32)55)38-12-10-25-8-7-24-9-11-37(33(21-27)44(31)54)50-42(24)43(25)51-38;3*1-2(3)4;;;/h7-23,48,52-55H,1-6H3;7-23H,1-6H3,(H4-,48,49,50,51,52,53,54,55);3*1H3,(H,3,4);;;/q;-1;;;;;;. The molecule has 16 aromatic rings. The Morgan fingerprint density at radius 1 is 0.288 bits per heavy atom. The smallest absolute Gasteiger partial charge is 0.300 e. The zero-order valence-electron chi connectivity index (χ0n) is 70.9. The van der Waals surface area contributed by atoms with Gasteiger partial charge in [0.05, 0.1) is 66.9 Å². The Hall–Kier alpha value is -13.4. The molecule has 0 spiro atoms. The maximum atomic E-state index is 12.1. The molecule has 0 unspecified atom stereocenters. The summed E-state index contributed by atoms with van der Waals surface area (Å²) in [5.41, 5.74) is 14.6. The SMILES string of the molecule is CC(=O)O.CC(=O)O.CC(=O)O.CC(C)(C)c1cc2c3nc(c(-c4cc(O)cc(O)c4)c4ccc([n-]4)c4cc(C(C)(C)C)cc(c4O)c4ccc5ccc6ccc(nc6c5n4)c(c1)c2O)C=C3.CC(C)(C)c1cc2c3nc(c(-c4cc(O)cc(O)c4)c4ccc([nH]4)c4cc(C(C)(C)C)cc(c4O)c4ccc5ccc6ccc(nc6c5n4)c(c1)c2O)C=C3.[Co].[Co].[Co]. The van der Waals surface area contributed by atoms with E-state index in [0.717, 1.165) is 64.6 Å². The number of carboxylic acids is 3. The Kier molecular flexibility index (Phi) is 26.2. The molecular formula is C100H91Co3N8O14-. The normalized spacial score (nSPS) is 11.8. The molecule has 0 aliphatic carbocycles. The van der Waals surface area contributed by atoms with Crippen LogP contribution in [0.15, 0.2) is 182 Å². The van der Waals surface area contributed by atoms with Crippen LogP contribution in [0.25, 0.3) is 177 Å². The van der Waals surface area contributed by atoms with Gasteiger partial charge in [-0.05, 0) is 194 Å². The zero-order valence-corrected chi connectivity index (χ0v) is 74.0. The molecule has 25 heteroatoms. The summed E-state index contributed by atoms with van der Waals surface area (Å²) >= 11 is 0. The number of benzene rings is 8. The minimum Gasteiger partial charge on any atom is -0.657 e. The first-order chi connectivity index (χ1) is 57.4. The number of nitrogens with zero attached hydrogens (tertiary/aromatic N) is 7. The molecule has 8 aromatic heterocycles. The Bertz CT molecular complexity index is 6960. The molecular weight excluding hydrogens is 1710 g/mol. The Balaban J connectivity index is 0.000000211. The van der Waals surface area contributed by atoms with Crippen LogP contribution in [-0.4, -0.2) is 109 Å². The molecule has 3 radical (unpaired) electrons. The average Bonchev–Trinajstić information content (AvgIpc) is 1.47. The minimum atomic E-state index is -0.833. The van der Waals surface area contributed by atoms with E-state index in [9.17, 15) is 40.9 Å². The number of rotatable bonds is 2. The summed E-state index contributed by atoms with van der Waals surface area (Å²) in [4.78, 5) is 66.5. The predicted octanol–water partition coefficient (Wildman–Crippen LogP) is 22.6. The van der Waals surface area contributed by atoms with Crippen LogP contribution in [0.5, 0.6) is 46.0 Å². The first-order valence-electron chi connectivity index (χ1n) is 39.4. The van der Waals surface area contributed by atoms with Crippen LogP contribution in [0.4, 0.5) is 0 Å². The molecule has 643 valence electrons. The monoisotopic (exact) mass is 1800 g/mol. The molecule has 125 heavy (non-hydrogen) atoms. The molecule has 10 heterocycles. The van der Waals surface area contributed by atoms with Gasteiger partial charge < -0.3 is 66.1 Å². The predicted molar refractivity (Wildman–Crippen MR) is 487 cm³/mol. The maximum absolute atomic E-state index is 12.1. The average molecular weight is 1810 g/mol. The van der Waals surface area contributed by atoms with Crippen LogP contribution < -0.4 is 4.98 Å². The zero-order chi connectivity index (χ0) is 87.8. The third-order valence-corrected chi connectivity index (χ3v) is 21.2. The number of H-pyrrole nitrogens is 1. The first kappa shape index (κ1) is 92.3. The number of aromatic amines is 1. The number of aromatic hydroxyl groups is 8. The first-order valence-corrected chi connectivity index (χ1v) is 39.4. The van der Waals surface area contributed by atoms with Crippen LogP contribution >= 0.6 is 0 Å². The van der Waals surface area contributed by atoms with Crippen molar-refractivity contribution in [1.29, 1.82) is 0 Å². The molecule has 12 N–H and O–H groups in total. The van der Waals surface area contributed by atoms with E-state index in [1.54, 1.807) is 24.3 Å². The summed E-state index contributed by atoms with van der Waals surface area (Å²) in [5, 5.41) is 121. The minimum absolute atomic E-state index is 0. The number of carbonyl (C=O) groups is 3. The Morgan fingerprint density at radius 2 is 0.544 bits per heavy atom. The van der Waals surface area contributed by atoms with Crippen molar-refractivity contribution in [2.24, 2.45) is 0 Å². The molecule has 22 nitrogen and oxygen atoms in total. The molecule has 0 saturated heterocycles. The van der Waals surface area contributed by atoms with Crippen molar-refractivity contribution in [2.75, 3.05) is 0 Å². The van der Waals surface area contributed by atoms with Crippen LogP contribution in [0.2, 0.25) is 0 Å². The second-order valence-corrected chi connectivity index (χ2v) is 34.6. The molecule has 0 saturated carbocycles. The second-order valence-electron chi connectivity index (χ2n) is 34.6. The molecule has 24 bridgehead atoms. The number of pyridine rings is 4. The van der Waals surface area contributed by atoms with Crippen molar-refractivity contribution in [1.82, 2.24) is 39.9 Å². The molecule has 0 atom stereocenters. The number of phenolic OH excluding ortho intramolecular Hbond substituents is 8. The van der Waals surface area contributed by atoms with Gasteiger partial charge in [0.25, 0.3) is 17.9 Å². The quantitative estimate of drug-likeness (QED) is 0.0715. The van der Waals surface area contributed by atoms with E-state index >= 15 is 0 Å². The van der Waals surface area contributed by atoms with Gasteiger partial charge in [-0.15, -0.1) is 11.0 Å². The Labute approximate surface area is 749 Å². The maximum Gasteiger partial charge on any atom is 0.300 e. The van der Waals surface area contributed by atoms with Crippen molar-refractivity contribution >= 4 is 173 Å². The number of nitrogens with one attached hydrogen (secondary N) is 1. The van der Waals surface area contributed by atoms with Gasteiger partial charge in [-0.1, -0.05) is 144 Å². The van der Waals surface area contributed by atoms with E-state index in [1.807, 2.05) is 170 Å². The molecule has 0 amide bonds. The van der Waals surface area contributed by atoms with E-state index in [-0.39, 0.29) is 118 Å². The summed E-state index contributed by atoms with van der Waals surface area (Å²) < 4.78 is 0. The largest absolute Gasteiger partial charge is 0.657 e. The van der Waals surface area contributed by atoms with E-state index in [0.29, 0.717) is 154 Å². The molecule has 2 aliphatic heterocycles. The van der Waals surface area contributed by atoms with Gasteiger partial charge in [-0.3, -0.25) is 14.4 Å². The van der Waals surface area contributed by atoms with Crippen molar-refractivity contribution in [3.05, 3.63) is 227 Å². The second kappa shape index (κ2) is 35.4. The molecule has 18 rings (SSSR count). The number of fused-ring (bicyclic) bond motifs is 28. The number of phenols is 8. The molecule has 2 aliphatic rings. The van der Waals surface area contributed by atoms with Crippen LogP contribution in [-0.2, 0) is 86.4 Å². The summed E-state index contributed by atoms with van der Waals surface area (Å²) in [6, 6.07) is 56.0. The summed E-state index contributed by atoms with van der Waals surface area (Å²) in [6.07, 6.45) is 7.43. The van der Waals surface area contributed by atoms with Crippen molar-refractivity contribution in [2.45, 2.75) is 126 Å². The number of aromatic nitrogens is 8. The van der Waals surface area contributed by atoms with Crippen molar-refractivity contribution in [3.8, 4) is 68.2 Å². The van der Waals surface area contributed by atoms with Gasteiger partial charge in [0.15, 0.2) is 0 Å². The fraction of sp³-hybridized carbons (Fsp3) is 0.190. The van der Waals surface area contributed by atoms with Gasteiger partial charge >= 0.3 is 0 Å². The van der Waals surface area contributed by atoms with Crippen molar-refractivity contribution < 1.29 is 121 Å². The Morgan fingerprint density at radius 3 is 0.880 bits per heavy atom. The van der Waals surface area contributed by atoms with Gasteiger partial charge in [-0.2, -0.15) is 0 Å². The van der Waals surface area contributed by atoms with Crippen LogP contribution in [0.3, 0.4) is 0 Å². The van der Waals surface area contributed by atoms with Gasteiger partial charge in [-0.25, -0.2) is 29.9 Å². The number of hydrogen-bond acceptors (Lipinski definition) is 17. The fourth-order valence-corrected chi connectivity index (χ4v) is 15.0. The van der Waals surface area contributed by atoms with Gasteiger partial charge in [0.2, 0.25) is 0 Å². The van der Waals surface area contributed by atoms with E-state index in [1.165, 1.54) is 12.1 Å². The number of carboxylic acid groups (broad SMARTS) is 3. The third kappa shape index (κ3) is 19.2. The van der Waals surface area contributed by atoms with E-state index in [2.05, 4.69) is 88.1 Å². The third-order valence-electron chi connectivity index (χ3n) is 21.2. The van der Waals surface area contributed by atoms with Gasteiger partial charge in [0.1, 0.15) is 46.0 Å². The summed E-state index contributed by atoms with van der Waals surface area (Å²) in [6.45, 7) is 28.8. The van der Waals surface area contributed by atoms with E-state index in [4.69, 9.17) is 64.6 Å². The molecule has 0 fully saturated rings.